The maximum Gasteiger partial charge on any atom is 0.435 e. The van der Waals surface area contributed by atoms with Gasteiger partial charge in [-0.15, -0.1) is 0 Å². The van der Waals surface area contributed by atoms with Gasteiger partial charge >= 0.3 is 47.9 Å². The van der Waals surface area contributed by atoms with Crippen molar-refractivity contribution in [3.05, 3.63) is 59.7 Å². The van der Waals surface area contributed by atoms with E-state index in [4.69, 9.17) is 10.2 Å². The van der Waals surface area contributed by atoms with Gasteiger partial charge in [0, 0.05) is 13.3 Å². The summed E-state index contributed by atoms with van der Waals surface area (Å²) < 4.78 is 235. The molecule has 0 aliphatic heterocycles. The third-order valence-corrected chi connectivity index (χ3v) is 6.16. The second-order valence-corrected chi connectivity index (χ2v) is 9.09. The third-order valence-electron chi connectivity index (χ3n) is 6.16. The fourth-order valence-electron chi connectivity index (χ4n) is 3.73. The SMILES string of the molecule is C.C.C.C.C.C.CCC(F)(F)C(F)(F)C(F)(C(F)(F)F)C(F)(F)C(C)(F)F.Oc1ccc(C(c2ccc(O)cc2)(C(F)(F)F)C(F)(F)F)cc1. The summed E-state index contributed by atoms with van der Waals surface area (Å²) in [5.74, 6) is -27.1. The van der Waals surface area contributed by atoms with Crippen LogP contribution in [0.25, 0.3) is 0 Å². The molecule has 0 aromatic heterocycles. The van der Waals surface area contributed by atoms with Gasteiger partial charge in [-0.25, -0.2) is 13.2 Å². The van der Waals surface area contributed by atoms with Crippen LogP contribution < -0.4 is 0 Å². The van der Waals surface area contributed by atoms with Gasteiger partial charge in [0.1, 0.15) is 11.5 Å². The van der Waals surface area contributed by atoms with Crippen molar-refractivity contribution in [2.24, 2.45) is 0 Å². The summed E-state index contributed by atoms with van der Waals surface area (Å²) >= 11 is 0. The van der Waals surface area contributed by atoms with Crippen molar-refractivity contribution in [1.82, 2.24) is 0 Å². The highest BCUT2D eigenvalue weighted by Crippen LogP contribution is 2.62. The second kappa shape index (κ2) is 17.8. The number of aromatic hydroxyl groups is 2. The summed E-state index contributed by atoms with van der Waals surface area (Å²) in [6.45, 7) is -0.847. The maximum atomic E-state index is 13.6. The summed E-state index contributed by atoms with van der Waals surface area (Å²) in [6.07, 6.45) is -21.0. The van der Waals surface area contributed by atoms with Gasteiger partial charge in [0.25, 0.3) is 0 Å². The Morgan fingerprint density at radius 1 is 0.440 bits per heavy atom. The monoisotopic (exact) mass is 776 g/mol. The Balaban J connectivity index is -0.000000174. The average Bonchev–Trinajstić information content (AvgIpc) is 2.83. The minimum Gasteiger partial charge on any atom is -0.508 e. The molecule has 1 atom stereocenters. The number of benzene rings is 2. The Morgan fingerprint density at radius 2 is 0.700 bits per heavy atom. The van der Waals surface area contributed by atoms with Gasteiger partial charge in [-0.2, -0.15) is 65.9 Å². The molecule has 2 nitrogen and oxygen atoms in total. The number of phenolic OH excluding ortho intramolecular Hbond substituents is 2. The van der Waals surface area contributed by atoms with Crippen LogP contribution in [-0.2, 0) is 5.41 Å². The quantitative estimate of drug-likeness (QED) is 0.275. The van der Waals surface area contributed by atoms with E-state index < -0.39 is 89.3 Å². The predicted octanol–water partition coefficient (Wildman–Crippen LogP) is 13.6. The molecule has 0 radical (unpaired) electrons. The highest BCUT2D eigenvalue weighted by molar-refractivity contribution is 5.46. The van der Waals surface area contributed by atoms with Crippen LogP contribution in [0.2, 0.25) is 0 Å². The molecule has 0 aliphatic rings. The van der Waals surface area contributed by atoms with Crippen LogP contribution in [0.5, 0.6) is 11.5 Å². The molecule has 0 fully saturated rings. The minimum atomic E-state index is -7.47. The largest absolute Gasteiger partial charge is 0.508 e. The summed E-state index contributed by atoms with van der Waals surface area (Å²) in [4.78, 5) is 0. The van der Waals surface area contributed by atoms with E-state index in [1.54, 1.807) is 0 Å². The van der Waals surface area contributed by atoms with Crippen LogP contribution in [0.3, 0.4) is 0 Å². The first kappa shape index (κ1) is 59.0. The predicted molar refractivity (Wildman–Crippen MR) is 155 cm³/mol. The van der Waals surface area contributed by atoms with Gasteiger partial charge in [0.05, 0.1) is 0 Å². The van der Waals surface area contributed by atoms with E-state index >= 15 is 0 Å². The highest BCUT2D eigenvalue weighted by Gasteiger charge is 2.92. The average molecular weight is 777 g/mol. The third kappa shape index (κ3) is 9.55. The van der Waals surface area contributed by atoms with Crippen molar-refractivity contribution in [3.63, 3.8) is 0 Å². The molecule has 2 aromatic rings. The lowest BCUT2D eigenvalue weighted by Crippen LogP contribution is -2.74. The smallest absolute Gasteiger partial charge is 0.435 e. The summed E-state index contributed by atoms with van der Waals surface area (Å²) in [5.41, 5.74) is -13.9. The van der Waals surface area contributed by atoms with E-state index in [1.165, 1.54) is 0 Å². The molecule has 0 aliphatic carbocycles. The molecule has 20 heteroatoms. The molecule has 0 spiro atoms. The van der Waals surface area contributed by atoms with E-state index in [9.17, 15) is 79.0 Å². The van der Waals surface area contributed by atoms with Crippen molar-refractivity contribution in [2.45, 2.75) is 118 Å². The van der Waals surface area contributed by atoms with E-state index in [1.807, 2.05) is 0 Å². The molecule has 300 valence electrons. The zero-order valence-corrected chi connectivity index (χ0v) is 21.5. The Kier molecular flexibility index (Phi) is 21.0. The molecule has 0 heterocycles. The molecule has 0 bridgehead atoms. The van der Waals surface area contributed by atoms with Crippen LogP contribution in [0, 0.1) is 0 Å². The molecule has 1 unspecified atom stereocenters. The molecule has 0 saturated heterocycles. The number of hydrogen-bond donors (Lipinski definition) is 2. The standard InChI is InChI=1S/C15H10F6O2.C9H8F12.6CH4/c16-14(17,18)13(15(19,20)21,9-1-5-11(22)6-2-9)10-3-7-12(23)8-4-10;1-3-5(12,13)8(17,18)6(14,9(19,20)21)7(15,16)4(2,10)11;;;;;;/h1-8,22-23H;3H2,1-2H3;6*1H4. The zero-order valence-electron chi connectivity index (χ0n) is 21.5. The van der Waals surface area contributed by atoms with Crippen LogP contribution in [0.4, 0.5) is 79.0 Å². The van der Waals surface area contributed by atoms with Gasteiger partial charge in [-0.05, 0) is 35.4 Å². The van der Waals surface area contributed by atoms with Gasteiger partial charge in [0.2, 0.25) is 5.41 Å². The van der Waals surface area contributed by atoms with Crippen molar-refractivity contribution < 1.29 is 89.2 Å². The zero-order chi connectivity index (χ0) is 35.2. The lowest BCUT2D eigenvalue weighted by molar-refractivity contribution is -0.427. The van der Waals surface area contributed by atoms with E-state index in [0.717, 1.165) is 24.3 Å². The topological polar surface area (TPSA) is 40.5 Å². The van der Waals surface area contributed by atoms with Crippen molar-refractivity contribution >= 4 is 0 Å². The molecule has 2 N–H and O–H groups in total. The minimum absolute atomic E-state index is 0. The van der Waals surface area contributed by atoms with Gasteiger partial charge < -0.3 is 10.2 Å². The lowest BCUT2D eigenvalue weighted by Gasteiger charge is -2.43. The first-order valence-corrected chi connectivity index (χ1v) is 11.3. The Labute approximate surface area is 279 Å². The number of rotatable bonds is 7. The van der Waals surface area contributed by atoms with Crippen molar-refractivity contribution in [1.29, 1.82) is 0 Å². The fraction of sp³-hybridized carbons (Fsp3) is 0.600. The van der Waals surface area contributed by atoms with E-state index in [-0.39, 0.29) is 51.5 Å². The highest BCUT2D eigenvalue weighted by atomic mass is 19.4. The van der Waals surface area contributed by atoms with Crippen LogP contribution in [0.1, 0.15) is 76.0 Å². The molecule has 0 saturated carbocycles. The van der Waals surface area contributed by atoms with Gasteiger partial charge in [0.15, 0.2) is 0 Å². The Hall–Kier alpha value is -3.22. The maximum absolute atomic E-state index is 13.6. The number of hydrogen-bond acceptors (Lipinski definition) is 2. The van der Waals surface area contributed by atoms with Crippen LogP contribution in [-0.4, -0.2) is 58.1 Å². The van der Waals surface area contributed by atoms with Crippen LogP contribution >= 0.6 is 0 Å². The Morgan fingerprint density at radius 3 is 0.880 bits per heavy atom. The summed E-state index contributed by atoms with van der Waals surface area (Å²) in [7, 11) is 0. The normalized spacial score (nSPS) is 13.8. The summed E-state index contributed by atoms with van der Waals surface area (Å²) in [5, 5.41) is 18.3. The molecule has 2 aromatic carbocycles. The number of halogens is 18. The summed E-state index contributed by atoms with van der Waals surface area (Å²) in [6, 6.07) is 5.30. The molecular formula is C30H42F18O2. The Bertz CT molecular complexity index is 1180. The first-order chi connectivity index (χ1) is 19.3. The van der Waals surface area contributed by atoms with E-state index in [0.29, 0.717) is 24.3 Å². The fourth-order valence-corrected chi connectivity index (χ4v) is 3.73. The molecule has 2 rings (SSSR count). The van der Waals surface area contributed by atoms with E-state index in [2.05, 4.69) is 0 Å². The van der Waals surface area contributed by atoms with Crippen LogP contribution in [0.15, 0.2) is 48.5 Å². The lowest BCUT2D eigenvalue weighted by atomic mass is 9.73. The number of alkyl halides is 18. The molecule has 50 heavy (non-hydrogen) atoms. The number of phenols is 2. The van der Waals surface area contributed by atoms with Gasteiger partial charge in [-0.1, -0.05) is 75.7 Å². The van der Waals surface area contributed by atoms with Crippen molar-refractivity contribution in [2.75, 3.05) is 0 Å². The molecule has 0 amide bonds. The second-order valence-electron chi connectivity index (χ2n) is 9.09. The van der Waals surface area contributed by atoms with Crippen molar-refractivity contribution in [3.8, 4) is 11.5 Å². The van der Waals surface area contributed by atoms with Gasteiger partial charge in [-0.3, -0.25) is 0 Å². The first-order valence-electron chi connectivity index (χ1n) is 11.3. The molecular weight excluding hydrogens is 734 g/mol.